The first-order chi connectivity index (χ1) is 28.3. The molecule has 0 spiro atoms. The highest BCUT2D eigenvalue weighted by atomic mass is 32.2. The lowest BCUT2D eigenvalue weighted by molar-refractivity contribution is -0.427. The second-order valence-electron chi connectivity index (χ2n) is 15.6. The quantitative estimate of drug-likeness (QED) is 0.0610. The Morgan fingerprint density at radius 3 is 1.65 bits per heavy atom. The van der Waals surface area contributed by atoms with Crippen LogP contribution in [0.2, 0.25) is 0 Å². The first kappa shape index (κ1) is 46.6. The van der Waals surface area contributed by atoms with Gasteiger partial charge in [0.25, 0.3) is 50.6 Å². The van der Waals surface area contributed by atoms with E-state index in [1.807, 2.05) is 0 Å². The molecule has 62 heavy (non-hydrogen) atoms. The van der Waals surface area contributed by atoms with Crippen molar-refractivity contribution < 1.29 is 79.3 Å². The molecule has 0 unspecified atom stereocenters. The highest BCUT2D eigenvalue weighted by molar-refractivity contribution is 7.87. The summed E-state index contributed by atoms with van der Waals surface area (Å²) in [5, 5.41) is 9.74. The third-order valence-corrected chi connectivity index (χ3v) is 15.0. The molecule has 2 aliphatic rings. The zero-order valence-corrected chi connectivity index (χ0v) is 37.0. The molecule has 0 fully saturated rings. The zero-order chi connectivity index (χ0) is 46.3. The number of fused-ring (bicyclic) bond motifs is 6. The Balaban J connectivity index is 1.48. The van der Waals surface area contributed by atoms with E-state index >= 15 is 0 Å². The van der Waals surface area contributed by atoms with E-state index in [0.29, 0.717) is 34.8 Å². The largest absolute Gasteiger partial charge is 0.477 e. The number of anilines is 1. The normalized spacial score (nSPS) is 17.6. The minimum Gasteiger partial charge on any atom is -0.477 e. The first-order valence-corrected chi connectivity index (χ1v) is 25.4. The van der Waals surface area contributed by atoms with Gasteiger partial charge in [-0.2, -0.15) is 46.7 Å². The van der Waals surface area contributed by atoms with Crippen molar-refractivity contribution >= 4 is 95.2 Å². The second kappa shape index (κ2) is 15.4. The van der Waals surface area contributed by atoms with Gasteiger partial charge in [0.1, 0.15) is 9.79 Å². The van der Waals surface area contributed by atoms with E-state index in [1.54, 1.807) is 56.9 Å². The van der Waals surface area contributed by atoms with E-state index in [2.05, 4.69) is 0 Å². The van der Waals surface area contributed by atoms with Gasteiger partial charge in [0, 0.05) is 51.8 Å². The molecule has 19 nitrogen and oxygen atoms in total. The third kappa shape index (κ3) is 8.71. The molecular weight excluding hydrogens is 917 g/mol. The summed E-state index contributed by atoms with van der Waals surface area (Å²) in [5.41, 5.74) is -0.213. The molecule has 0 aromatic heterocycles. The molecule has 2 aliphatic heterocycles. The molecule has 24 heteroatoms. The van der Waals surface area contributed by atoms with Gasteiger partial charge < -0.3 is 10.0 Å². The Kier molecular flexibility index (Phi) is 11.6. The van der Waals surface area contributed by atoms with Crippen LogP contribution < -0.4 is 4.90 Å². The van der Waals surface area contributed by atoms with Crippen molar-refractivity contribution in [3.63, 3.8) is 0 Å². The molecule has 0 saturated carbocycles. The van der Waals surface area contributed by atoms with E-state index < -0.39 is 99.3 Å². The number of rotatable bonds is 13. The Hall–Kier alpha value is -4.89. The molecule has 4 aromatic carbocycles. The highest BCUT2D eigenvalue weighted by Gasteiger charge is 2.47. The lowest BCUT2D eigenvalue weighted by Crippen LogP contribution is -2.29. The van der Waals surface area contributed by atoms with Gasteiger partial charge in [0.2, 0.25) is 12.2 Å². The van der Waals surface area contributed by atoms with E-state index in [1.165, 1.54) is 34.9 Å². The number of benzene rings is 4. The van der Waals surface area contributed by atoms with Crippen LogP contribution in [0.1, 0.15) is 45.2 Å². The minimum absolute atomic E-state index is 0.00799. The maximum atomic E-state index is 12.4. The lowest BCUT2D eigenvalue weighted by atomic mass is 9.79. The van der Waals surface area contributed by atoms with Crippen LogP contribution in [0, 0.1) is 0 Å². The summed E-state index contributed by atoms with van der Waals surface area (Å²) in [6.07, 6.45) is 7.72. The van der Waals surface area contributed by atoms with Crippen molar-refractivity contribution in [2.24, 2.45) is 0 Å². The topological polar surface area (TPSA) is 315 Å². The number of carbonyl (C=O) groups is 1. The van der Waals surface area contributed by atoms with Crippen LogP contribution in [0.3, 0.4) is 0 Å². The fourth-order valence-corrected chi connectivity index (χ4v) is 11.5. The van der Waals surface area contributed by atoms with Crippen molar-refractivity contribution in [3.05, 3.63) is 95.7 Å². The van der Waals surface area contributed by atoms with Crippen LogP contribution in [-0.4, -0.2) is 105 Å². The predicted molar refractivity (Wildman–Crippen MR) is 225 cm³/mol. The van der Waals surface area contributed by atoms with Gasteiger partial charge >= 0.3 is 5.97 Å². The van der Waals surface area contributed by atoms with E-state index in [4.69, 9.17) is 0 Å². The van der Waals surface area contributed by atoms with Crippen molar-refractivity contribution in [1.82, 2.24) is 0 Å². The molecule has 0 aliphatic carbocycles. The molecular formula is C38H39N2O17S5+. The Labute approximate surface area is 356 Å². The number of hydrogen-bond acceptors (Lipinski definition) is 12. The molecule has 332 valence electrons. The molecule has 0 radical (unpaired) electrons. The second-order valence-corrected chi connectivity index (χ2v) is 22.8. The number of aliphatic carboxylic acids is 1. The smallest absolute Gasteiger partial charge is 0.370 e. The average Bonchev–Trinajstić information content (AvgIpc) is 3.46. The Morgan fingerprint density at radius 2 is 1.16 bits per heavy atom. The van der Waals surface area contributed by atoms with Crippen molar-refractivity contribution in [2.45, 2.75) is 64.5 Å². The van der Waals surface area contributed by atoms with E-state index in [9.17, 15) is 74.8 Å². The monoisotopic (exact) mass is 955 g/mol. The summed E-state index contributed by atoms with van der Waals surface area (Å²) in [6, 6.07) is 8.80. The number of carboxylic acids is 1. The van der Waals surface area contributed by atoms with Crippen LogP contribution >= 0.6 is 0 Å². The molecule has 0 bridgehead atoms. The van der Waals surface area contributed by atoms with Crippen LogP contribution in [0.4, 0.5) is 11.4 Å². The van der Waals surface area contributed by atoms with Gasteiger partial charge in [-0.05, 0) is 79.1 Å². The fourth-order valence-electron chi connectivity index (χ4n) is 8.31. The Morgan fingerprint density at radius 1 is 0.645 bits per heavy atom. The maximum Gasteiger partial charge on any atom is 0.370 e. The van der Waals surface area contributed by atoms with Crippen LogP contribution in [-0.2, 0) is 66.2 Å². The van der Waals surface area contributed by atoms with Crippen LogP contribution in [0.5, 0.6) is 0 Å². The molecule has 6 N–H and O–H groups in total. The molecule has 0 atom stereocenters. The summed E-state index contributed by atoms with van der Waals surface area (Å²) in [4.78, 5) is 10.6. The minimum atomic E-state index is -5.04. The van der Waals surface area contributed by atoms with E-state index in [-0.39, 0.29) is 45.8 Å². The summed E-state index contributed by atoms with van der Waals surface area (Å²) in [6.45, 7) is 6.12. The van der Waals surface area contributed by atoms with Gasteiger partial charge in [-0.25, -0.2) is 4.79 Å². The predicted octanol–water partition coefficient (Wildman–Crippen LogP) is 4.51. The standard InChI is InChI=1S/C38H38N2O17S5/c1-37(2)32(39(15-8-16-58(43,44)45)28-13-11-24-26(35(28)37)17-22(59(46,47)48)19-30(24)61(52,53)54)9-6-5-7-10-33-38(3,4)36-27-18-23(60(49,50)51)20-31(62(55,56)57)25(27)12-14-29(36)40(33)21-34(41)42/h5-7,9-14,17-20H,8,15-16,21H2,1-4H3,(H5-,41,42,43,44,45,46,47,48,49,50,51,52,53,54,55,56,57)/p+1. The van der Waals surface area contributed by atoms with Crippen molar-refractivity contribution in [1.29, 1.82) is 0 Å². The van der Waals surface area contributed by atoms with Gasteiger partial charge in [0.15, 0.2) is 5.71 Å². The number of allylic oxidation sites excluding steroid dienone is 6. The van der Waals surface area contributed by atoms with E-state index in [0.717, 1.165) is 12.1 Å². The Bertz CT molecular complexity index is 3350. The first-order valence-electron chi connectivity index (χ1n) is 18.0. The SMILES string of the molecule is CC1(C)C(/C=C/C=C/C=C2/N(CCCS(=O)(=O)O)c3ccc4c(S(=O)(=O)O)cc(S(=O)(=O)O)cc4c3C2(C)C)=[N+](CC(=O)O)c2ccc3c(S(=O)(=O)O)cc(S(=O)(=O)O)cc3c21. The van der Waals surface area contributed by atoms with Gasteiger partial charge in [0.05, 0.1) is 21.0 Å². The summed E-state index contributed by atoms with van der Waals surface area (Å²) >= 11 is 0. The highest BCUT2D eigenvalue weighted by Crippen LogP contribution is 2.52. The maximum absolute atomic E-state index is 12.4. The average molecular weight is 956 g/mol. The van der Waals surface area contributed by atoms with Gasteiger partial charge in [-0.1, -0.05) is 38.1 Å². The van der Waals surface area contributed by atoms with Crippen molar-refractivity contribution in [3.8, 4) is 0 Å². The molecule has 4 aromatic rings. The molecule has 6 rings (SSSR count). The molecule has 2 heterocycles. The summed E-state index contributed by atoms with van der Waals surface area (Å²) in [7, 11) is -24.5. The van der Waals surface area contributed by atoms with Crippen LogP contribution in [0.15, 0.2) is 104 Å². The summed E-state index contributed by atoms with van der Waals surface area (Å²) in [5.74, 6) is -1.90. The lowest BCUT2D eigenvalue weighted by Gasteiger charge is -2.27. The zero-order valence-electron chi connectivity index (χ0n) is 32.9. The van der Waals surface area contributed by atoms with Crippen LogP contribution in [0.25, 0.3) is 21.5 Å². The summed E-state index contributed by atoms with van der Waals surface area (Å²) < 4.78 is 173. The third-order valence-electron chi connectivity index (χ3n) is 10.8. The van der Waals surface area contributed by atoms with Gasteiger partial charge in [-0.15, -0.1) is 0 Å². The number of hydrogen-bond donors (Lipinski definition) is 6. The van der Waals surface area contributed by atoms with Gasteiger partial charge in [-0.3, -0.25) is 22.8 Å². The molecule has 0 amide bonds. The van der Waals surface area contributed by atoms with Crippen molar-refractivity contribution in [2.75, 3.05) is 23.7 Å². The number of nitrogens with zero attached hydrogens (tertiary/aromatic N) is 2. The fraction of sp³-hybridized carbons (Fsp3) is 0.263. The molecule has 0 saturated heterocycles. The number of carboxylic acid groups (broad SMARTS) is 1.